The number of halogens is 5. The van der Waals surface area contributed by atoms with E-state index in [1.165, 1.54) is 0 Å². The zero-order valence-corrected chi connectivity index (χ0v) is 59.3. The summed E-state index contributed by atoms with van der Waals surface area (Å²) in [6, 6.07) is 71.7. The monoisotopic (exact) mass is 1440 g/mol. The number of aromatic amines is 1. The smallest absolute Gasteiger partial charge is 0.410 e. The van der Waals surface area contributed by atoms with E-state index >= 15 is 0 Å². The maximum absolute atomic E-state index is 12.5. The Morgan fingerprint density at radius 1 is 0.450 bits per heavy atom. The second-order valence-corrected chi connectivity index (χ2v) is 24.6. The number of amides is 1. The van der Waals surface area contributed by atoms with Crippen molar-refractivity contribution in [2.75, 3.05) is 50.1 Å². The molecule has 13 rings (SSSR count). The fraction of sp³-hybridized carbons (Fsp3) is 0.218. The van der Waals surface area contributed by atoms with Crippen molar-refractivity contribution in [2.24, 2.45) is 0 Å². The van der Waals surface area contributed by atoms with Gasteiger partial charge in [-0.1, -0.05) is 210 Å². The molecular weight excluding hydrogens is 1370 g/mol. The van der Waals surface area contributed by atoms with Crippen molar-refractivity contribution in [3.8, 4) is 23.4 Å². The van der Waals surface area contributed by atoms with Crippen LogP contribution in [-0.4, -0.2) is 93.3 Å². The van der Waals surface area contributed by atoms with E-state index < -0.39 is 0 Å². The minimum absolute atomic E-state index is 0.0248. The number of pyridine rings is 6. The first-order valence-electron chi connectivity index (χ1n) is 32.3. The topological polar surface area (TPSA) is 182 Å². The molecule has 2 aliphatic rings. The molecule has 518 valence electrons. The molecule has 6 aromatic heterocycles. The van der Waals surface area contributed by atoms with Gasteiger partial charge < -0.3 is 48.7 Å². The highest BCUT2D eigenvalue weighted by atomic mass is 35.5. The summed E-state index contributed by atoms with van der Waals surface area (Å²) in [6.45, 7) is 6.13. The van der Waals surface area contributed by atoms with Crippen molar-refractivity contribution in [3.63, 3.8) is 0 Å². The Balaban J connectivity index is 0.000000161. The van der Waals surface area contributed by atoms with Crippen molar-refractivity contribution in [2.45, 2.75) is 70.8 Å². The zero-order valence-electron chi connectivity index (χ0n) is 55.5. The molecule has 2 aliphatic heterocycles. The van der Waals surface area contributed by atoms with Crippen LogP contribution in [0.1, 0.15) is 53.5 Å². The van der Waals surface area contributed by atoms with Gasteiger partial charge in [-0.3, -0.25) is 4.79 Å². The Bertz CT molecular complexity index is 3950. The molecule has 0 atom stereocenters. The Morgan fingerprint density at radius 2 is 0.830 bits per heavy atom. The van der Waals surface area contributed by atoms with E-state index in [9.17, 15) is 9.59 Å². The molecule has 0 aliphatic carbocycles. The molecule has 0 spiro atoms. The van der Waals surface area contributed by atoms with Crippen LogP contribution in [0.2, 0.25) is 25.4 Å². The fourth-order valence-corrected chi connectivity index (χ4v) is 10.8. The van der Waals surface area contributed by atoms with Gasteiger partial charge in [-0.05, 0) is 103 Å². The highest BCUT2D eigenvalue weighted by Gasteiger charge is 2.27. The van der Waals surface area contributed by atoms with Crippen molar-refractivity contribution in [3.05, 3.63) is 325 Å². The predicted octanol–water partition coefficient (Wildman–Crippen LogP) is 17.8. The first-order chi connectivity index (χ1) is 48.8. The van der Waals surface area contributed by atoms with Gasteiger partial charge in [-0.15, -0.1) is 0 Å². The largest absolute Gasteiger partial charge is 0.489 e. The van der Waals surface area contributed by atoms with Crippen LogP contribution in [-0.2, 0) is 37.8 Å². The van der Waals surface area contributed by atoms with E-state index in [1.54, 1.807) is 96.7 Å². The minimum atomic E-state index is -0.271. The number of anilines is 2. The first-order valence-corrected chi connectivity index (χ1v) is 34.2. The molecule has 0 bridgehead atoms. The predicted molar refractivity (Wildman–Crippen MR) is 400 cm³/mol. The molecule has 8 heterocycles. The third kappa shape index (κ3) is 28.6. The lowest BCUT2D eigenvalue weighted by Crippen LogP contribution is -2.45. The van der Waals surface area contributed by atoms with Gasteiger partial charge in [0.05, 0.1) is 0 Å². The number of hydrogen-bond donors (Lipinski definition) is 2. The van der Waals surface area contributed by atoms with Crippen molar-refractivity contribution in [1.82, 2.24) is 40.1 Å². The van der Waals surface area contributed by atoms with Gasteiger partial charge in [0.2, 0.25) is 23.2 Å². The normalized spacial score (nSPS) is 12.4. The second kappa shape index (κ2) is 42.9. The van der Waals surface area contributed by atoms with Crippen LogP contribution >= 0.6 is 58.0 Å². The number of nitrogens with zero attached hydrogens (tertiary/aromatic N) is 8. The second-order valence-electron chi connectivity index (χ2n) is 22.5. The Labute approximate surface area is 609 Å². The number of hydrogen-bond acceptors (Lipinski definition) is 15. The maximum Gasteiger partial charge on any atom is 0.410 e. The minimum Gasteiger partial charge on any atom is -0.489 e. The molecule has 1 amide bonds. The standard InChI is InChI=1S/C26H29N3O3.3C12H10ClNO.C11H17N3O.C5H3Cl2N/c1-28(26(30)32-20-22-10-6-3-7-11-22)23-13-16-29(17-14-23)24-12-15-27-25(18-24)31-19-21-8-4-2-5-9-21;13-12-8-11(6-7-14-12)15-9-10-4-2-1-3-5-10;2*13-11-6-7-14-12(8-11)15-9-10-4-2-1-3-5-10;1-12-9-3-6-14(7-4-9)10-2-5-13-11(15)8-10;6-4-1-2-8-5(7)3-4/h2-12,15,18,23H,13-14,16-17,19-20H2,1H3;3*1-8H,9H2;2,5,8-9,12H,3-4,6-7H2,1H3,(H,13,15);1-3H. The number of piperidine rings is 2. The molecule has 22 heteroatoms. The number of carbonyl (C=O) groups is 1. The Morgan fingerprint density at radius 3 is 1.24 bits per heavy atom. The third-order valence-corrected chi connectivity index (χ3v) is 16.5. The molecule has 0 unspecified atom stereocenters. The molecular formula is C78H79Cl5N10O7. The van der Waals surface area contributed by atoms with E-state index in [-0.39, 0.29) is 17.7 Å². The first kappa shape index (κ1) is 76.0. The van der Waals surface area contributed by atoms with Crippen LogP contribution in [0.15, 0.2) is 266 Å². The summed E-state index contributed by atoms with van der Waals surface area (Å²) in [5.74, 6) is 2.45. The van der Waals surface area contributed by atoms with E-state index in [2.05, 4.69) is 45.0 Å². The molecule has 2 fully saturated rings. The lowest BCUT2D eigenvalue weighted by atomic mass is 10.0. The van der Waals surface area contributed by atoms with Gasteiger partial charge in [0.25, 0.3) is 0 Å². The lowest BCUT2D eigenvalue weighted by molar-refractivity contribution is 0.0862. The molecule has 5 aromatic carbocycles. The van der Waals surface area contributed by atoms with Crippen molar-refractivity contribution in [1.29, 1.82) is 0 Å². The summed E-state index contributed by atoms with van der Waals surface area (Å²) in [5.41, 5.74) is 7.56. The Kier molecular flexibility index (Phi) is 32.7. The summed E-state index contributed by atoms with van der Waals surface area (Å²) < 4.78 is 27.9. The molecule has 100 heavy (non-hydrogen) atoms. The van der Waals surface area contributed by atoms with Crippen LogP contribution < -0.4 is 39.6 Å². The number of H-pyrrole nitrogens is 1. The quantitative estimate of drug-likeness (QED) is 0.0774. The van der Waals surface area contributed by atoms with Crippen LogP contribution in [0.5, 0.6) is 23.4 Å². The summed E-state index contributed by atoms with van der Waals surface area (Å²) in [4.78, 5) is 52.6. The number of rotatable bonds is 18. The average molecular weight is 1450 g/mol. The number of aromatic nitrogens is 6. The SMILES string of the molecule is CN(C(=O)OCc1ccccc1)C1CCN(c2ccnc(OCc3ccccc3)c2)CC1.CNC1CCN(c2cc[nH]c(=O)c2)CC1.Clc1cc(OCc2ccccc2)ccn1.Clc1ccnc(Cl)c1.Clc1ccnc(OCc2ccccc2)c1.Clc1ccnc(OCc2ccccc2)c1. The highest BCUT2D eigenvalue weighted by Crippen LogP contribution is 2.26. The molecule has 2 saturated heterocycles. The van der Waals surface area contributed by atoms with Gasteiger partial charge >= 0.3 is 6.09 Å². The molecule has 2 N–H and O–H groups in total. The lowest BCUT2D eigenvalue weighted by Gasteiger charge is -2.37. The van der Waals surface area contributed by atoms with E-state index in [0.717, 1.165) is 96.8 Å². The van der Waals surface area contributed by atoms with Crippen LogP contribution in [0.4, 0.5) is 16.2 Å². The number of nitrogens with one attached hydrogen (secondary N) is 2. The van der Waals surface area contributed by atoms with Gasteiger partial charge in [0, 0.05) is 139 Å². The van der Waals surface area contributed by atoms with E-state index in [4.69, 9.17) is 81.7 Å². The van der Waals surface area contributed by atoms with Crippen LogP contribution in [0, 0.1) is 0 Å². The van der Waals surface area contributed by atoms with Crippen molar-refractivity contribution < 1.29 is 28.5 Å². The highest BCUT2D eigenvalue weighted by molar-refractivity contribution is 6.34. The third-order valence-electron chi connectivity index (χ3n) is 15.3. The van der Waals surface area contributed by atoms with Crippen LogP contribution in [0.25, 0.3) is 0 Å². The van der Waals surface area contributed by atoms with Crippen LogP contribution in [0.3, 0.4) is 0 Å². The fourth-order valence-electron chi connectivity index (χ4n) is 9.93. The Hall–Kier alpha value is -9.72. The van der Waals surface area contributed by atoms with E-state index in [1.807, 2.05) is 184 Å². The van der Waals surface area contributed by atoms with Gasteiger partial charge in [0.1, 0.15) is 49.1 Å². The van der Waals surface area contributed by atoms with Crippen molar-refractivity contribution >= 4 is 75.5 Å². The van der Waals surface area contributed by atoms with Gasteiger partial charge in [0.15, 0.2) is 0 Å². The maximum atomic E-state index is 12.5. The number of carbonyl (C=O) groups excluding carboxylic acids is 1. The van der Waals surface area contributed by atoms with Gasteiger partial charge in [-0.2, -0.15) is 0 Å². The summed E-state index contributed by atoms with van der Waals surface area (Å²) in [6.07, 6.45) is 13.7. The number of ether oxygens (including phenoxy) is 5. The zero-order chi connectivity index (χ0) is 70.4. The molecule has 11 aromatic rings. The van der Waals surface area contributed by atoms with Gasteiger partial charge in [-0.25, -0.2) is 29.7 Å². The average Bonchev–Trinajstić information content (AvgIpc) is 0.848. The molecule has 0 saturated carbocycles. The number of benzene rings is 5. The molecule has 17 nitrogen and oxygen atoms in total. The summed E-state index contributed by atoms with van der Waals surface area (Å²) in [5, 5.41) is 6.05. The molecule has 0 radical (unpaired) electrons. The summed E-state index contributed by atoms with van der Waals surface area (Å²) >= 11 is 28.3. The van der Waals surface area contributed by atoms with E-state index in [0.29, 0.717) is 82.1 Å². The summed E-state index contributed by atoms with van der Waals surface area (Å²) in [7, 11) is 3.84.